The fourth-order valence-corrected chi connectivity index (χ4v) is 3.46. The predicted molar refractivity (Wildman–Crippen MR) is 88.6 cm³/mol. The predicted octanol–water partition coefficient (Wildman–Crippen LogP) is 2.18. The summed E-state index contributed by atoms with van der Waals surface area (Å²) in [6, 6.07) is 0. The van der Waals surface area contributed by atoms with Crippen molar-refractivity contribution in [1.82, 2.24) is 9.97 Å². The zero-order valence-corrected chi connectivity index (χ0v) is 14.2. The first-order valence-corrected chi connectivity index (χ1v) is 8.43. The van der Waals surface area contributed by atoms with Crippen molar-refractivity contribution >= 4 is 11.8 Å². The second kappa shape index (κ2) is 7.25. The standard InChI is InChI=1S/C17H27N3O3/c1-4-6-13-10-18-12(3)19-15(13)20-9-8-17(7-5-2,16(22)23)14(21)11-20/h10,14,21H,4-9,11H2,1-3H3,(H,22,23)/t14-,17-/m0/s1. The van der Waals surface area contributed by atoms with Gasteiger partial charge in [0.15, 0.2) is 0 Å². The smallest absolute Gasteiger partial charge is 0.312 e. The van der Waals surface area contributed by atoms with Gasteiger partial charge in [-0.2, -0.15) is 0 Å². The second-order valence-corrected chi connectivity index (χ2v) is 6.44. The number of carboxylic acid groups (broad SMARTS) is 1. The number of aliphatic hydroxyl groups is 1. The molecular weight excluding hydrogens is 294 g/mol. The molecule has 0 bridgehead atoms. The summed E-state index contributed by atoms with van der Waals surface area (Å²) in [6.45, 7) is 6.80. The highest BCUT2D eigenvalue weighted by atomic mass is 16.4. The summed E-state index contributed by atoms with van der Waals surface area (Å²) in [7, 11) is 0. The highest BCUT2D eigenvalue weighted by Crippen LogP contribution is 2.38. The number of β-amino-alcohol motifs (C(OH)–C–C–N with tert-alkyl or cyclic N) is 1. The Labute approximate surface area is 137 Å². The van der Waals surface area contributed by atoms with E-state index >= 15 is 0 Å². The Kier molecular flexibility index (Phi) is 5.57. The highest BCUT2D eigenvalue weighted by molar-refractivity contribution is 5.76. The third-order valence-electron chi connectivity index (χ3n) is 4.76. The number of piperidine rings is 1. The van der Waals surface area contributed by atoms with Crippen LogP contribution in [0, 0.1) is 12.3 Å². The average molecular weight is 321 g/mol. The van der Waals surface area contributed by atoms with Crippen molar-refractivity contribution in [1.29, 1.82) is 0 Å². The van der Waals surface area contributed by atoms with E-state index in [1.54, 1.807) is 0 Å². The lowest BCUT2D eigenvalue weighted by Gasteiger charge is -2.43. The molecule has 1 aromatic heterocycles. The van der Waals surface area contributed by atoms with Gasteiger partial charge in [0.2, 0.25) is 0 Å². The van der Waals surface area contributed by atoms with Crippen LogP contribution in [0.2, 0.25) is 0 Å². The summed E-state index contributed by atoms with van der Waals surface area (Å²) in [5.74, 6) is 0.644. The van der Waals surface area contributed by atoms with Gasteiger partial charge in [-0.25, -0.2) is 9.97 Å². The molecule has 2 atom stereocenters. The van der Waals surface area contributed by atoms with Crippen molar-refractivity contribution in [2.75, 3.05) is 18.0 Å². The number of anilines is 1. The highest BCUT2D eigenvalue weighted by Gasteiger charge is 2.48. The van der Waals surface area contributed by atoms with Crippen molar-refractivity contribution in [3.8, 4) is 0 Å². The Morgan fingerprint density at radius 1 is 1.43 bits per heavy atom. The van der Waals surface area contributed by atoms with Gasteiger partial charge in [0, 0.05) is 24.8 Å². The third-order valence-corrected chi connectivity index (χ3v) is 4.76. The van der Waals surface area contributed by atoms with E-state index in [9.17, 15) is 15.0 Å². The molecule has 6 nitrogen and oxygen atoms in total. The molecule has 0 spiro atoms. The molecule has 0 aliphatic carbocycles. The van der Waals surface area contributed by atoms with E-state index in [1.807, 2.05) is 24.9 Å². The van der Waals surface area contributed by atoms with Crippen LogP contribution in [0.5, 0.6) is 0 Å². The van der Waals surface area contributed by atoms with Crippen LogP contribution in [0.25, 0.3) is 0 Å². The van der Waals surface area contributed by atoms with Gasteiger partial charge in [-0.05, 0) is 26.2 Å². The first-order valence-electron chi connectivity index (χ1n) is 8.43. The zero-order chi connectivity index (χ0) is 17.0. The maximum Gasteiger partial charge on any atom is 0.312 e. The number of aromatic nitrogens is 2. The van der Waals surface area contributed by atoms with Crippen LogP contribution in [0.4, 0.5) is 5.82 Å². The molecule has 1 aromatic rings. The number of nitrogens with zero attached hydrogens (tertiary/aromatic N) is 3. The van der Waals surface area contributed by atoms with Gasteiger partial charge in [0.05, 0.1) is 11.5 Å². The minimum Gasteiger partial charge on any atom is -0.481 e. The minimum atomic E-state index is -1.03. The molecule has 0 aromatic carbocycles. The maximum atomic E-state index is 11.7. The average Bonchev–Trinajstić information content (AvgIpc) is 2.51. The van der Waals surface area contributed by atoms with E-state index in [2.05, 4.69) is 16.9 Å². The Balaban J connectivity index is 2.26. The first-order chi connectivity index (χ1) is 10.9. The van der Waals surface area contributed by atoms with E-state index in [1.165, 1.54) is 0 Å². The third kappa shape index (κ3) is 3.47. The van der Waals surface area contributed by atoms with Gasteiger partial charge in [-0.3, -0.25) is 4.79 Å². The lowest BCUT2D eigenvalue weighted by Crippen LogP contribution is -2.55. The number of hydrogen-bond acceptors (Lipinski definition) is 5. The summed E-state index contributed by atoms with van der Waals surface area (Å²) in [4.78, 5) is 22.6. The number of aliphatic carboxylic acids is 1. The van der Waals surface area contributed by atoms with Crippen LogP contribution in [-0.2, 0) is 11.2 Å². The van der Waals surface area contributed by atoms with Gasteiger partial charge in [-0.15, -0.1) is 0 Å². The molecule has 1 aliphatic rings. The first kappa shape index (κ1) is 17.7. The molecule has 0 amide bonds. The number of carbonyl (C=O) groups is 1. The lowest BCUT2D eigenvalue weighted by atomic mass is 9.72. The van der Waals surface area contributed by atoms with Gasteiger partial charge in [0.25, 0.3) is 0 Å². The van der Waals surface area contributed by atoms with E-state index in [-0.39, 0.29) is 0 Å². The molecular formula is C17H27N3O3. The van der Waals surface area contributed by atoms with Crippen LogP contribution < -0.4 is 4.90 Å². The Morgan fingerprint density at radius 3 is 2.74 bits per heavy atom. The number of rotatable bonds is 6. The molecule has 2 rings (SSSR count). The molecule has 2 N–H and O–H groups in total. The van der Waals surface area contributed by atoms with Gasteiger partial charge in [0.1, 0.15) is 11.6 Å². The van der Waals surface area contributed by atoms with Crippen LogP contribution in [0.15, 0.2) is 6.20 Å². The van der Waals surface area contributed by atoms with Crippen molar-refractivity contribution < 1.29 is 15.0 Å². The molecule has 0 saturated carbocycles. The summed E-state index contributed by atoms with van der Waals surface area (Å²) in [5, 5.41) is 20.2. The van der Waals surface area contributed by atoms with Crippen molar-refractivity contribution in [3.63, 3.8) is 0 Å². The van der Waals surface area contributed by atoms with Crippen LogP contribution in [0.3, 0.4) is 0 Å². The quantitative estimate of drug-likeness (QED) is 0.835. The van der Waals surface area contributed by atoms with Crippen LogP contribution in [0.1, 0.15) is 50.9 Å². The fraction of sp³-hybridized carbons (Fsp3) is 0.706. The largest absolute Gasteiger partial charge is 0.481 e. The SMILES string of the molecule is CCCc1cnc(C)nc1N1CC[C@](CCC)(C(=O)O)[C@@H](O)C1. The summed E-state index contributed by atoms with van der Waals surface area (Å²) in [5.41, 5.74) is 0.0294. The zero-order valence-electron chi connectivity index (χ0n) is 14.2. The topological polar surface area (TPSA) is 86.6 Å². The van der Waals surface area contributed by atoms with Crippen molar-refractivity contribution in [3.05, 3.63) is 17.6 Å². The Hall–Kier alpha value is -1.69. The molecule has 2 heterocycles. The van der Waals surface area contributed by atoms with E-state index in [0.29, 0.717) is 31.8 Å². The van der Waals surface area contributed by atoms with Crippen molar-refractivity contribution in [2.45, 2.75) is 59.0 Å². The lowest BCUT2D eigenvalue weighted by molar-refractivity contribution is -0.159. The van der Waals surface area contributed by atoms with Crippen LogP contribution >= 0.6 is 0 Å². The monoisotopic (exact) mass is 321 g/mol. The maximum absolute atomic E-state index is 11.7. The molecule has 23 heavy (non-hydrogen) atoms. The Morgan fingerprint density at radius 2 is 2.17 bits per heavy atom. The molecule has 6 heteroatoms. The molecule has 0 radical (unpaired) electrons. The number of aliphatic hydroxyl groups excluding tert-OH is 1. The van der Waals surface area contributed by atoms with Gasteiger partial charge >= 0.3 is 5.97 Å². The molecule has 1 saturated heterocycles. The molecule has 0 unspecified atom stereocenters. The van der Waals surface area contributed by atoms with Gasteiger partial charge in [-0.1, -0.05) is 26.7 Å². The number of carboxylic acids is 1. The summed E-state index contributed by atoms with van der Waals surface area (Å²) >= 11 is 0. The van der Waals surface area contributed by atoms with Gasteiger partial charge < -0.3 is 15.1 Å². The molecule has 1 aliphatic heterocycles. The van der Waals surface area contributed by atoms with Crippen molar-refractivity contribution in [2.24, 2.45) is 5.41 Å². The van der Waals surface area contributed by atoms with E-state index < -0.39 is 17.5 Å². The normalized spacial score (nSPS) is 24.7. The minimum absolute atomic E-state index is 0.305. The Bertz CT molecular complexity index is 564. The van der Waals surface area contributed by atoms with E-state index in [4.69, 9.17) is 0 Å². The molecule has 1 fully saturated rings. The van der Waals surface area contributed by atoms with Crippen LogP contribution in [-0.4, -0.2) is 45.3 Å². The molecule has 128 valence electrons. The summed E-state index contributed by atoms with van der Waals surface area (Å²) < 4.78 is 0. The second-order valence-electron chi connectivity index (χ2n) is 6.44. The summed E-state index contributed by atoms with van der Waals surface area (Å²) in [6.07, 6.45) is 4.51. The fourth-order valence-electron chi connectivity index (χ4n) is 3.46. The van der Waals surface area contributed by atoms with E-state index in [0.717, 1.165) is 30.6 Å². The number of aryl methyl sites for hydroxylation is 2. The number of hydrogen-bond donors (Lipinski definition) is 2.